The summed E-state index contributed by atoms with van der Waals surface area (Å²) >= 11 is 0. The highest BCUT2D eigenvalue weighted by atomic mass is 15.2. The number of aromatic nitrogens is 4. The maximum Gasteiger partial charge on any atom is 0.243 e. The van der Waals surface area contributed by atoms with Gasteiger partial charge in [0.25, 0.3) is 0 Å². The van der Waals surface area contributed by atoms with E-state index in [-0.39, 0.29) is 0 Å². The number of nitrogens with one attached hydrogen (secondary N) is 1. The summed E-state index contributed by atoms with van der Waals surface area (Å²) in [4.78, 5) is 8.37. The summed E-state index contributed by atoms with van der Waals surface area (Å²) in [6.45, 7) is 6.53. The van der Waals surface area contributed by atoms with Crippen LogP contribution in [0.2, 0.25) is 0 Å². The zero-order valence-corrected chi connectivity index (χ0v) is 10.2. The molecule has 1 N–H and O–H groups in total. The third kappa shape index (κ3) is 2.75. The van der Waals surface area contributed by atoms with Crippen molar-refractivity contribution >= 4 is 5.95 Å². The molecule has 0 aliphatic heterocycles. The van der Waals surface area contributed by atoms with Crippen molar-refractivity contribution in [1.29, 1.82) is 0 Å². The van der Waals surface area contributed by atoms with E-state index in [0.717, 1.165) is 17.0 Å². The Hall–Kier alpha value is -2.04. The molecule has 2 heterocycles. The molecule has 5 heteroatoms. The summed E-state index contributed by atoms with van der Waals surface area (Å²) in [5, 5.41) is 11.2. The van der Waals surface area contributed by atoms with Gasteiger partial charge in [-0.05, 0) is 38.0 Å². The van der Waals surface area contributed by atoms with Crippen LogP contribution in [0.5, 0.6) is 0 Å². The van der Waals surface area contributed by atoms with Gasteiger partial charge in [-0.15, -0.1) is 5.10 Å². The number of aryl methyl sites for hydroxylation is 3. The minimum Gasteiger partial charge on any atom is -0.349 e. The smallest absolute Gasteiger partial charge is 0.243 e. The van der Waals surface area contributed by atoms with Crippen LogP contribution < -0.4 is 5.32 Å². The van der Waals surface area contributed by atoms with Crippen molar-refractivity contribution in [3.63, 3.8) is 0 Å². The molecule has 17 heavy (non-hydrogen) atoms. The van der Waals surface area contributed by atoms with E-state index in [1.165, 1.54) is 5.56 Å². The molecule has 2 rings (SSSR count). The van der Waals surface area contributed by atoms with Crippen LogP contribution in [0.4, 0.5) is 5.95 Å². The summed E-state index contributed by atoms with van der Waals surface area (Å²) in [5.41, 5.74) is 4.09. The van der Waals surface area contributed by atoms with Crippen molar-refractivity contribution < 1.29 is 0 Å². The normalized spacial score (nSPS) is 10.3. The Morgan fingerprint density at radius 2 is 1.94 bits per heavy atom. The van der Waals surface area contributed by atoms with Crippen molar-refractivity contribution in [2.45, 2.75) is 27.3 Å². The standard InChI is InChI=1S/C12H15N5/c1-8-6-13-5-4-11(8)7-14-12-15-9(2)10(3)16-17-12/h4-6H,7H2,1-3H3,(H,14,15,17). The van der Waals surface area contributed by atoms with Gasteiger partial charge in [0, 0.05) is 18.9 Å². The van der Waals surface area contributed by atoms with E-state index >= 15 is 0 Å². The van der Waals surface area contributed by atoms with Gasteiger partial charge in [-0.1, -0.05) is 0 Å². The Kier molecular flexibility index (Phi) is 3.27. The summed E-state index contributed by atoms with van der Waals surface area (Å²) < 4.78 is 0. The molecule has 2 aromatic heterocycles. The number of pyridine rings is 1. The second-order valence-electron chi connectivity index (χ2n) is 3.96. The molecule has 0 spiro atoms. The predicted octanol–water partition coefficient (Wildman–Crippen LogP) is 1.80. The molecule has 0 aliphatic rings. The second kappa shape index (κ2) is 4.86. The Morgan fingerprint density at radius 1 is 1.12 bits per heavy atom. The average Bonchev–Trinajstić information content (AvgIpc) is 2.32. The molecule has 88 valence electrons. The number of hydrogen-bond donors (Lipinski definition) is 1. The number of anilines is 1. The van der Waals surface area contributed by atoms with Gasteiger partial charge in [0.05, 0.1) is 11.4 Å². The van der Waals surface area contributed by atoms with Gasteiger partial charge in [-0.2, -0.15) is 5.10 Å². The van der Waals surface area contributed by atoms with Crippen molar-refractivity contribution in [3.05, 3.63) is 41.0 Å². The van der Waals surface area contributed by atoms with E-state index in [0.29, 0.717) is 12.5 Å². The lowest BCUT2D eigenvalue weighted by atomic mass is 10.1. The quantitative estimate of drug-likeness (QED) is 0.869. The van der Waals surface area contributed by atoms with Gasteiger partial charge in [-0.3, -0.25) is 4.98 Å². The molecule has 0 aromatic carbocycles. The Labute approximate surface area is 100 Å². The molecule has 0 saturated heterocycles. The van der Waals surface area contributed by atoms with Crippen LogP contribution in [0.25, 0.3) is 0 Å². The summed E-state index contributed by atoms with van der Waals surface area (Å²) in [6.07, 6.45) is 3.63. The summed E-state index contributed by atoms with van der Waals surface area (Å²) in [6, 6.07) is 1.98. The van der Waals surface area contributed by atoms with Crippen LogP contribution in [0.3, 0.4) is 0 Å². The fourth-order valence-electron chi connectivity index (χ4n) is 1.41. The molecule has 2 aromatic rings. The van der Waals surface area contributed by atoms with Crippen molar-refractivity contribution in [1.82, 2.24) is 20.2 Å². The van der Waals surface area contributed by atoms with Crippen LogP contribution in [0.15, 0.2) is 18.5 Å². The van der Waals surface area contributed by atoms with Crippen LogP contribution in [-0.2, 0) is 6.54 Å². The third-order valence-corrected chi connectivity index (χ3v) is 2.67. The van der Waals surface area contributed by atoms with Crippen LogP contribution in [0, 0.1) is 20.8 Å². The van der Waals surface area contributed by atoms with E-state index in [4.69, 9.17) is 0 Å². The predicted molar refractivity (Wildman–Crippen MR) is 65.6 cm³/mol. The summed E-state index contributed by atoms with van der Waals surface area (Å²) in [7, 11) is 0. The van der Waals surface area contributed by atoms with Gasteiger partial charge in [0.15, 0.2) is 0 Å². The molecule has 5 nitrogen and oxygen atoms in total. The monoisotopic (exact) mass is 229 g/mol. The third-order valence-electron chi connectivity index (χ3n) is 2.67. The number of rotatable bonds is 3. The maximum absolute atomic E-state index is 4.32. The highest BCUT2D eigenvalue weighted by Crippen LogP contribution is 2.08. The first-order chi connectivity index (χ1) is 8.16. The Balaban J connectivity index is 2.08. The van der Waals surface area contributed by atoms with E-state index in [9.17, 15) is 0 Å². The van der Waals surface area contributed by atoms with Gasteiger partial charge in [0.2, 0.25) is 5.95 Å². The molecule has 0 aliphatic carbocycles. The van der Waals surface area contributed by atoms with Crippen LogP contribution in [-0.4, -0.2) is 20.2 Å². The van der Waals surface area contributed by atoms with Crippen molar-refractivity contribution in [2.24, 2.45) is 0 Å². The molecule has 0 bridgehead atoms. The summed E-state index contributed by atoms with van der Waals surface area (Å²) in [5.74, 6) is 0.560. The zero-order chi connectivity index (χ0) is 12.3. The molecule has 0 atom stereocenters. The van der Waals surface area contributed by atoms with Crippen LogP contribution in [0.1, 0.15) is 22.5 Å². The van der Waals surface area contributed by atoms with Gasteiger partial charge in [0.1, 0.15) is 0 Å². The van der Waals surface area contributed by atoms with E-state index < -0.39 is 0 Å². The Morgan fingerprint density at radius 3 is 2.65 bits per heavy atom. The van der Waals surface area contributed by atoms with Crippen LogP contribution >= 0.6 is 0 Å². The zero-order valence-electron chi connectivity index (χ0n) is 10.2. The second-order valence-corrected chi connectivity index (χ2v) is 3.96. The number of hydrogen-bond acceptors (Lipinski definition) is 5. The van der Waals surface area contributed by atoms with Gasteiger partial charge < -0.3 is 5.32 Å². The SMILES string of the molecule is Cc1cnccc1CNc1nnc(C)c(C)n1. The van der Waals surface area contributed by atoms with Gasteiger partial charge in [-0.25, -0.2) is 4.98 Å². The molecule has 0 fully saturated rings. The molecule has 0 unspecified atom stereocenters. The van der Waals surface area contributed by atoms with Gasteiger partial charge >= 0.3 is 0 Å². The lowest BCUT2D eigenvalue weighted by Crippen LogP contribution is -2.07. The molecule has 0 amide bonds. The largest absolute Gasteiger partial charge is 0.349 e. The fourth-order valence-corrected chi connectivity index (χ4v) is 1.41. The van der Waals surface area contributed by atoms with Crippen molar-refractivity contribution in [2.75, 3.05) is 5.32 Å². The lowest BCUT2D eigenvalue weighted by molar-refractivity contribution is 0.883. The van der Waals surface area contributed by atoms with E-state index in [1.54, 1.807) is 6.20 Å². The average molecular weight is 229 g/mol. The minimum atomic E-state index is 0.560. The fraction of sp³-hybridized carbons (Fsp3) is 0.333. The first kappa shape index (κ1) is 11.4. The van der Waals surface area contributed by atoms with E-state index in [2.05, 4.69) is 25.5 Å². The maximum atomic E-state index is 4.32. The first-order valence-electron chi connectivity index (χ1n) is 5.48. The highest BCUT2D eigenvalue weighted by Gasteiger charge is 2.02. The molecular formula is C12H15N5. The lowest BCUT2D eigenvalue weighted by Gasteiger charge is -2.07. The topological polar surface area (TPSA) is 63.6 Å². The molecule has 0 radical (unpaired) electrons. The minimum absolute atomic E-state index is 0.560. The Bertz CT molecular complexity index is 524. The molecule has 0 saturated carbocycles. The molecular weight excluding hydrogens is 214 g/mol. The first-order valence-corrected chi connectivity index (χ1v) is 5.48. The number of nitrogens with zero attached hydrogens (tertiary/aromatic N) is 4. The van der Waals surface area contributed by atoms with Crippen molar-refractivity contribution in [3.8, 4) is 0 Å². The highest BCUT2D eigenvalue weighted by molar-refractivity contribution is 5.30. The van der Waals surface area contributed by atoms with E-state index in [1.807, 2.05) is 33.0 Å².